The number of hydrogen-bond donors (Lipinski definition) is 2. The van der Waals surface area contributed by atoms with Gasteiger partial charge in [-0.1, -0.05) is 36.4 Å². The Labute approximate surface area is 88.7 Å². The van der Waals surface area contributed by atoms with Gasteiger partial charge in [0.1, 0.15) is 0 Å². The maximum atomic E-state index is 10.9. The Morgan fingerprint density at radius 2 is 2.00 bits per heavy atom. The average molecular weight is 206 g/mol. The van der Waals surface area contributed by atoms with Crippen LogP contribution in [0.5, 0.6) is 0 Å². The fourth-order valence-electron chi connectivity index (χ4n) is 1.39. The third-order valence-corrected chi connectivity index (χ3v) is 2.27. The lowest BCUT2D eigenvalue weighted by molar-refractivity contribution is -0.144. The van der Waals surface area contributed by atoms with E-state index >= 15 is 0 Å². The van der Waals surface area contributed by atoms with Crippen molar-refractivity contribution in [1.82, 2.24) is 0 Å². The summed E-state index contributed by atoms with van der Waals surface area (Å²) in [7, 11) is 0. The van der Waals surface area contributed by atoms with Crippen molar-refractivity contribution >= 4 is 5.97 Å². The first-order valence-electron chi connectivity index (χ1n) is 4.72. The van der Waals surface area contributed by atoms with Crippen molar-refractivity contribution in [3.8, 4) is 0 Å². The van der Waals surface area contributed by atoms with Crippen molar-refractivity contribution in [2.24, 2.45) is 5.92 Å². The van der Waals surface area contributed by atoms with E-state index in [9.17, 15) is 9.90 Å². The molecule has 1 aromatic rings. The topological polar surface area (TPSA) is 57.5 Å². The molecule has 0 aliphatic heterocycles. The van der Waals surface area contributed by atoms with Crippen molar-refractivity contribution in [3.05, 3.63) is 48.6 Å². The van der Waals surface area contributed by atoms with Crippen LogP contribution >= 0.6 is 0 Å². The van der Waals surface area contributed by atoms with Gasteiger partial charge in [-0.15, -0.1) is 6.58 Å². The van der Waals surface area contributed by atoms with Gasteiger partial charge in [0.2, 0.25) is 0 Å². The Bertz CT molecular complexity index is 332. The van der Waals surface area contributed by atoms with Gasteiger partial charge >= 0.3 is 5.97 Å². The standard InChI is InChI=1S/C12H14O3/c1-2-11(13)10(12(14)15)8-9-6-4-3-5-7-9/h2-7,10-11,13H,1,8H2,(H,14,15)/t10-,11-/m1/s1. The van der Waals surface area contributed by atoms with Crippen LogP contribution in [0.3, 0.4) is 0 Å². The van der Waals surface area contributed by atoms with Crippen LogP contribution in [0.25, 0.3) is 0 Å². The average Bonchev–Trinajstić information content (AvgIpc) is 2.26. The van der Waals surface area contributed by atoms with Crippen molar-refractivity contribution in [1.29, 1.82) is 0 Å². The van der Waals surface area contributed by atoms with E-state index in [1.165, 1.54) is 6.08 Å². The van der Waals surface area contributed by atoms with Crippen LogP contribution in [0.4, 0.5) is 0 Å². The highest BCUT2D eigenvalue weighted by Crippen LogP contribution is 2.13. The zero-order chi connectivity index (χ0) is 11.3. The minimum absolute atomic E-state index is 0.309. The van der Waals surface area contributed by atoms with Gasteiger partial charge < -0.3 is 10.2 Å². The van der Waals surface area contributed by atoms with Gasteiger partial charge in [0.15, 0.2) is 0 Å². The highest BCUT2D eigenvalue weighted by molar-refractivity contribution is 5.71. The van der Waals surface area contributed by atoms with Crippen molar-refractivity contribution in [2.75, 3.05) is 0 Å². The summed E-state index contributed by atoms with van der Waals surface area (Å²) in [5.74, 6) is -1.84. The van der Waals surface area contributed by atoms with Gasteiger partial charge in [-0.2, -0.15) is 0 Å². The predicted octanol–water partition coefficient (Wildman–Crippen LogP) is 1.48. The van der Waals surface area contributed by atoms with Crippen LogP contribution in [0.1, 0.15) is 5.56 Å². The number of hydrogen-bond acceptors (Lipinski definition) is 2. The molecule has 0 saturated carbocycles. The molecular formula is C12H14O3. The third kappa shape index (κ3) is 3.22. The Balaban J connectivity index is 2.76. The number of rotatable bonds is 5. The second-order valence-electron chi connectivity index (χ2n) is 3.36. The quantitative estimate of drug-likeness (QED) is 0.717. The fourth-order valence-corrected chi connectivity index (χ4v) is 1.39. The van der Waals surface area contributed by atoms with E-state index in [4.69, 9.17) is 5.11 Å². The molecule has 1 rings (SSSR count). The van der Waals surface area contributed by atoms with Crippen LogP contribution in [0.15, 0.2) is 43.0 Å². The molecule has 2 N–H and O–H groups in total. The number of aliphatic hydroxyl groups is 1. The van der Waals surface area contributed by atoms with E-state index in [0.717, 1.165) is 5.56 Å². The molecule has 0 aliphatic rings. The van der Waals surface area contributed by atoms with Crippen molar-refractivity contribution < 1.29 is 15.0 Å². The van der Waals surface area contributed by atoms with Crippen molar-refractivity contribution in [3.63, 3.8) is 0 Å². The molecule has 2 atom stereocenters. The van der Waals surface area contributed by atoms with Gasteiger partial charge in [-0.3, -0.25) is 4.79 Å². The molecule has 0 unspecified atom stereocenters. The van der Waals surface area contributed by atoms with E-state index in [2.05, 4.69) is 6.58 Å². The number of carboxylic acids is 1. The normalized spacial score (nSPS) is 14.2. The first-order valence-corrected chi connectivity index (χ1v) is 4.72. The Hall–Kier alpha value is -1.61. The van der Waals surface area contributed by atoms with Gasteiger partial charge in [0.05, 0.1) is 12.0 Å². The maximum absolute atomic E-state index is 10.9. The molecule has 0 aliphatic carbocycles. The summed E-state index contributed by atoms with van der Waals surface area (Å²) in [4.78, 5) is 10.9. The number of benzene rings is 1. The summed E-state index contributed by atoms with van der Waals surface area (Å²) in [5.41, 5.74) is 0.894. The summed E-state index contributed by atoms with van der Waals surface area (Å²) >= 11 is 0. The van der Waals surface area contributed by atoms with E-state index in [1.807, 2.05) is 30.3 Å². The molecule has 1 aromatic carbocycles. The summed E-state index contributed by atoms with van der Waals surface area (Å²) in [6.45, 7) is 3.39. The number of carbonyl (C=O) groups is 1. The van der Waals surface area contributed by atoms with Gasteiger partial charge in [0, 0.05) is 0 Å². The fraction of sp³-hybridized carbons (Fsp3) is 0.250. The molecule has 0 fully saturated rings. The lowest BCUT2D eigenvalue weighted by Gasteiger charge is -2.15. The predicted molar refractivity (Wildman–Crippen MR) is 57.5 cm³/mol. The van der Waals surface area contributed by atoms with Crippen LogP contribution in [-0.2, 0) is 11.2 Å². The zero-order valence-corrected chi connectivity index (χ0v) is 8.34. The number of aliphatic hydroxyl groups excluding tert-OH is 1. The van der Waals surface area contributed by atoms with E-state index in [0.29, 0.717) is 6.42 Å². The minimum atomic E-state index is -1.01. The lowest BCUT2D eigenvalue weighted by Crippen LogP contribution is -2.28. The third-order valence-electron chi connectivity index (χ3n) is 2.27. The molecule has 0 amide bonds. The lowest BCUT2D eigenvalue weighted by atomic mass is 9.94. The molecule has 0 bridgehead atoms. The summed E-state index contributed by atoms with van der Waals surface area (Å²) in [5, 5.41) is 18.4. The van der Waals surface area contributed by atoms with Crippen LogP contribution in [0, 0.1) is 5.92 Å². The number of carboxylic acid groups (broad SMARTS) is 1. The van der Waals surface area contributed by atoms with Crippen molar-refractivity contribution in [2.45, 2.75) is 12.5 Å². The molecule has 0 aromatic heterocycles. The van der Waals surface area contributed by atoms with Gasteiger partial charge in [-0.05, 0) is 12.0 Å². The van der Waals surface area contributed by atoms with Gasteiger partial charge in [-0.25, -0.2) is 0 Å². The Kier molecular flexibility index (Phi) is 4.06. The summed E-state index contributed by atoms with van der Waals surface area (Å²) in [6, 6.07) is 9.23. The summed E-state index contributed by atoms with van der Waals surface area (Å²) < 4.78 is 0. The molecule has 0 spiro atoms. The zero-order valence-electron chi connectivity index (χ0n) is 8.34. The first-order chi connectivity index (χ1) is 7.15. The molecular weight excluding hydrogens is 192 g/mol. The maximum Gasteiger partial charge on any atom is 0.309 e. The van der Waals surface area contributed by atoms with Crippen LogP contribution in [0.2, 0.25) is 0 Å². The molecule has 0 saturated heterocycles. The van der Waals surface area contributed by atoms with Gasteiger partial charge in [0.25, 0.3) is 0 Å². The van der Waals surface area contributed by atoms with Crippen LogP contribution in [-0.4, -0.2) is 22.3 Å². The highest BCUT2D eigenvalue weighted by Gasteiger charge is 2.24. The molecule has 15 heavy (non-hydrogen) atoms. The molecule has 0 heterocycles. The molecule has 3 heteroatoms. The molecule has 80 valence electrons. The summed E-state index contributed by atoms with van der Waals surface area (Å²) in [6.07, 6.45) is 0.549. The molecule has 3 nitrogen and oxygen atoms in total. The first kappa shape index (κ1) is 11.5. The van der Waals surface area contributed by atoms with Crippen LogP contribution < -0.4 is 0 Å². The highest BCUT2D eigenvalue weighted by atomic mass is 16.4. The largest absolute Gasteiger partial charge is 0.481 e. The van der Waals surface area contributed by atoms with E-state index < -0.39 is 18.0 Å². The number of aliphatic carboxylic acids is 1. The SMILES string of the molecule is C=C[C@@H](O)[C@@H](Cc1ccccc1)C(=O)O. The molecule has 0 radical (unpaired) electrons. The Morgan fingerprint density at radius 3 is 2.47 bits per heavy atom. The second-order valence-corrected chi connectivity index (χ2v) is 3.36. The Morgan fingerprint density at radius 1 is 1.40 bits per heavy atom. The van der Waals surface area contributed by atoms with E-state index in [1.54, 1.807) is 0 Å². The monoisotopic (exact) mass is 206 g/mol. The minimum Gasteiger partial charge on any atom is -0.481 e. The second kappa shape index (κ2) is 5.32. The van der Waals surface area contributed by atoms with E-state index in [-0.39, 0.29) is 0 Å². The smallest absolute Gasteiger partial charge is 0.309 e.